The molecule has 3 rings (SSSR count). The molecule has 0 radical (unpaired) electrons. The first-order chi connectivity index (χ1) is 12.9. The number of ether oxygens (including phenoxy) is 1. The van der Waals surface area contributed by atoms with Crippen molar-refractivity contribution < 1.29 is 14.5 Å². The first-order valence-corrected chi connectivity index (χ1v) is 8.22. The number of nitrogens with one attached hydrogen (secondary N) is 1. The van der Waals surface area contributed by atoms with Crippen LogP contribution in [-0.4, -0.2) is 20.6 Å². The Morgan fingerprint density at radius 3 is 2.52 bits per heavy atom. The molecule has 1 aromatic heterocycles. The van der Waals surface area contributed by atoms with Gasteiger partial charge >= 0.3 is 0 Å². The Morgan fingerprint density at radius 1 is 1.15 bits per heavy atom. The Kier molecular flexibility index (Phi) is 5.16. The second-order valence-electron chi connectivity index (χ2n) is 6.15. The molecule has 1 amide bonds. The summed E-state index contributed by atoms with van der Waals surface area (Å²) in [6.07, 6.45) is 3.38. The fourth-order valence-corrected chi connectivity index (χ4v) is 2.46. The number of nitrogens with zero attached hydrogens (tertiary/aromatic N) is 3. The van der Waals surface area contributed by atoms with Crippen molar-refractivity contribution in [2.24, 2.45) is 0 Å². The second kappa shape index (κ2) is 7.69. The van der Waals surface area contributed by atoms with Crippen LogP contribution in [0.25, 0.3) is 0 Å². The van der Waals surface area contributed by atoms with E-state index in [1.165, 1.54) is 16.8 Å². The van der Waals surface area contributed by atoms with Gasteiger partial charge in [-0.15, -0.1) is 0 Å². The summed E-state index contributed by atoms with van der Waals surface area (Å²) in [5.74, 6) is 0.462. The summed E-state index contributed by atoms with van der Waals surface area (Å²) in [6, 6.07) is 11.4. The number of aryl methyl sites for hydroxylation is 2. The van der Waals surface area contributed by atoms with E-state index in [1.54, 1.807) is 30.6 Å². The number of nitro groups is 1. The van der Waals surface area contributed by atoms with Gasteiger partial charge in [-0.3, -0.25) is 19.6 Å². The van der Waals surface area contributed by atoms with Crippen LogP contribution in [0.5, 0.6) is 11.5 Å². The number of hydrogen-bond donors (Lipinski definition) is 1. The van der Waals surface area contributed by atoms with Crippen LogP contribution in [0.15, 0.2) is 54.9 Å². The SMILES string of the molecule is Cc1ccc(Oc2cc(NC(=O)Cn3cc(C)cn3)cc([N+](=O)[O-])c2)cc1. The third-order valence-electron chi connectivity index (χ3n) is 3.71. The maximum absolute atomic E-state index is 12.2. The van der Waals surface area contributed by atoms with Crippen LogP contribution >= 0.6 is 0 Å². The van der Waals surface area contributed by atoms with Gasteiger partial charge in [0.25, 0.3) is 5.69 Å². The first kappa shape index (κ1) is 18.1. The van der Waals surface area contributed by atoms with Crippen LogP contribution in [0.2, 0.25) is 0 Å². The van der Waals surface area contributed by atoms with Crippen molar-refractivity contribution in [1.82, 2.24) is 9.78 Å². The van der Waals surface area contributed by atoms with Gasteiger partial charge < -0.3 is 10.1 Å². The van der Waals surface area contributed by atoms with Crippen molar-refractivity contribution in [1.29, 1.82) is 0 Å². The normalized spacial score (nSPS) is 10.4. The van der Waals surface area contributed by atoms with Crippen LogP contribution < -0.4 is 10.1 Å². The Bertz CT molecular complexity index is 980. The van der Waals surface area contributed by atoms with Crippen molar-refractivity contribution in [2.45, 2.75) is 20.4 Å². The van der Waals surface area contributed by atoms with Crippen LogP contribution in [0.3, 0.4) is 0 Å². The van der Waals surface area contributed by atoms with Gasteiger partial charge in [-0.2, -0.15) is 5.10 Å². The maximum atomic E-state index is 12.2. The van der Waals surface area contributed by atoms with E-state index in [4.69, 9.17) is 4.74 Å². The second-order valence-corrected chi connectivity index (χ2v) is 6.15. The molecule has 0 atom stereocenters. The summed E-state index contributed by atoms with van der Waals surface area (Å²) in [6.45, 7) is 3.83. The quantitative estimate of drug-likeness (QED) is 0.528. The first-order valence-electron chi connectivity index (χ1n) is 8.22. The lowest BCUT2D eigenvalue weighted by atomic mass is 10.2. The molecule has 138 valence electrons. The van der Waals surface area contributed by atoms with E-state index in [-0.39, 0.29) is 29.6 Å². The average molecular weight is 366 g/mol. The van der Waals surface area contributed by atoms with Crippen LogP contribution in [0.4, 0.5) is 11.4 Å². The van der Waals surface area contributed by atoms with E-state index < -0.39 is 4.92 Å². The van der Waals surface area contributed by atoms with Gasteiger partial charge in [0.15, 0.2) is 0 Å². The van der Waals surface area contributed by atoms with Crippen molar-refractivity contribution in [3.8, 4) is 11.5 Å². The average Bonchev–Trinajstić information content (AvgIpc) is 3.01. The molecule has 8 nitrogen and oxygen atoms in total. The molecule has 0 saturated heterocycles. The monoisotopic (exact) mass is 366 g/mol. The molecule has 0 bridgehead atoms. The van der Waals surface area contributed by atoms with Gasteiger partial charge in [-0.1, -0.05) is 17.7 Å². The Labute approximate surface area is 155 Å². The van der Waals surface area contributed by atoms with E-state index in [9.17, 15) is 14.9 Å². The summed E-state index contributed by atoms with van der Waals surface area (Å²) < 4.78 is 7.19. The lowest BCUT2D eigenvalue weighted by Gasteiger charge is -2.10. The van der Waals surface area contributed by atoms with Crippen molar-refractivity contribution in [2.75, 3.05) is 5.32 Å². The summed E-state index contributed by atoms with van der Waals surface area (Å²) in [5, 5.41) is 17.9. The highest BCUT2D eigenvalue weighted by Gasteiger charge is 2.13. The topological polar surface area (TPSA) is 99.3 Å². The third-order valence-corrected chi connectivity index (χ3v) is 3.71. The molecule has 0 spiro atoms. The van der Waals surface area contributed by atoms with Gasteiger partial charge in [0.05, 0.1) is 22.9 Å². The number of carbonyl (C=O) groups excluding carboxylic acids is 1. The fraction of sp³-hybridized carbons (Fsp3) is 0.158. The molecule has 0 fully saturated rings. The number of anilines is 1. The highest BCUT2D eigenvalue weighted by molar-refractivity contribution is 5.91. The minimum atomic E-state index is -0.533. The highest BCUT2D eigenvalue weighted by atomic mass is 16.6. The number of benzene rings is 2. The molecule has 3 aromatic rings. The molecule has 0 unspecified atom stereocenters. The summed E-state index contributed by atoms with van der Waals surface area (Å²) in [4.78, 5) is 22.9. The predicted octanol–water partition coefficient (Wildman–Crippen LogP) is 3.84. The minimum Gasteiger partial charge on any atom is -0.457 e. The van der Waals surface area contributed by atoms with E-state index in [0.29, 0.717) is 5.75 Å². The molecule has 8 heteroatoms. The van der Waals surface area contributed by atoms with E-state index >= 15 is 0 Å². The molecule has 2 aromatic carbocycles. The van der Waals surface area contributed by atoms with Gasteiger partial charge in [0.2, 0.25) is 5.91 Å². The molecular weight excluding hydrogens is 348 g/mol. The molecular formula is C19H18N4O4. The van der Waals surface area contributed by atoms with E-state index in [2.05, 4.69) is 10.4 Å². The molecule has 1 N–H and O–H groups in total. The van der Waals surface area contributed by atoms with Gasteiger partial charge in [0, 0.05) is 18.3 Å². The zero-order valence-electron chi connectivity index (χ0n) is 14.9. The fourth-order valence-electron chi connectivity index (χ4n) is 2.46. The van der Waals surface area contributed by atoms with Crippen LogP contribution in [-0.2, 0) is 11.3 Å². The van der Waals surface area contributed by atoms with E-state index in [1.807, 2.05) is 26.0 Å². The summed E-state index contributed by atoms with van der Waals surface area (Å²) >= 11 is 0. The lowest BCUT2D eigenvalue weighted by molar-refractivity contribution is -0.384. The van der Waals surface area contributed by atoms with Gasteiger partial charge in [-0.25, -0.2) is 0 Å². The molecule has 0 aliphatic heterocycles. The Morgan fingerprint density at radius 2 is 1.89 bits per heavy atom. The molecule has 0 aliphatic carbocycles. The molecule has 0 aliphatic rings. The number of amides is 1. The van der Waals surface area contributed by atoms with Gasteiger partial charge in [0.1, 0.15) is 18.0 Å². The lowest BCUT2D eigenvalue weighted by Crippen LogP contribution is -2.19. The number of aromatic nitrogens is 2. The van der Waals surface area contributed by atoms with E-state index in [0.717, 1.165) is 11.1 Å². The number of rotatable bonds is 6. The number of non-ortho nitro benzene ring substituents is 1. The summed E-state index contributed by atoms with van der Waals surface area (Å²) in [5.41, 5.74) is 2.11. The van der Waals surface area contributed by atoms with Gasteiger partial charge in [-0.05, 0) is 31.5 Å². The molecule has 27 heavy (non-hydrogen) atoms. The Hall–Kier alpha value is -3.68. The smallest absolute Gasteiger partial charge is 0.275 e. The summed E-state index contributed by atoms with van der Waals surface area (Å²) in [7, 11) is 0. The van der Waals surface area contributed by atoms with Crippen molar-refractivity contribution in [3.05, 3.63) is 76.1 Å². The highest BCUT2D eigenvalue weighted by Crippen LogP contribution is 2.29. The standard InChI is InChI=1S/C19H18N4O4/c1-13-3-5-17(6-4-13)27-18-8-15(7-16(9-18)23(25)26)21-19(24)12-22-11-14(2)10-20-22/h3-11H,12H2,1-2H3,(H,21,24). The Balaban J connectivity index is 1.79. The predicted molar refractivity (Wildman–Crippen MR) is 99.9 cm³/mol. The molecule has 1 heterocycles. The maximum Gasteiger partial charge on any atom is 0.275 e. The number of nitro benzene ring substituents is 1. The zero-order chi connectivity index (χ0) is 19.4. The number of hydrogen-bond acceptors (Lipinski definition) is 5. The van der Waals surface area contributed by atoms with Crippen molar-refractivity contribution in [3.63, 3.8) is 0 Å². The third kappa shape index (κ3) is 4.91. The van der Waals surface area contributed by atoms with Crippen molar-refractivity contribution >= 4 is 17.3 Å². The number of carbonyl (C=O) groups is 1. The largest absolute Gasteiger partial charge is 0.457 e. The van der Waals surface area contributed by atoms with Crippen LogP contribution in [0.1, 0.15) is 11.1 Å². The minimum absolute atomic E-state index is 0.00465. The molecule has 0 saturated carbocycles. The zero-order valence-corrected chi connectivity index (χ0v) is 14.9. The van der Waals surface area contributed by atoms with Crippen LogP contribution in [0, 0.1) is 24.0 Å².